The molecule has 1 rings (SSSR count). The highest BCUT2D eigenvalue weighted by Crippen LogP contribution is 2.20. The predicted molar refractivity (Wildman–Crippen MR) is 67.1 cm³/mol. The minimum atomic E-state index is -0.520. The van der Waals surface area contributed by atoms with Crippen LogP contribution in [0, 0.1) is 10.1 Å². The van der Waals surface area contributed by atoms with E-state index in [9.17, 15) is 10.1 Å². The summed E-state index contributed by atoms with van der Waals surface area (Å²) in [5.41, 5.74) is -0.0993. The summed E-state index contributed by atoms with van der Waals surface area (Å²) in [4.78, 5) is 14.0. The molecular weight excluding hydrogens is 262 g/mol. The molecule has 1 aromatic rings. The normalized spacial score (nSPS) is 10.3. The Bertz CT molecular complexity index is 403. The first-order valence-corrected chi connectivity index (χ1v) is 5.64. The quantitative estimate of drug-likeness (QED) is 0.336. The number of hydrogen-bond donors (Lipinski definition) is 1. The molecule has 7 nitrogen and oxygen atoms in total. The van der Waals surface area contributed by atoms with Gasteiger partial charge in [0.25, 0.3) is 5.69 Å². The van der Waals surface area contributed by atoms with Crippen LogP contribution in [0.5, 0.6) is 0 Å². The van der Waals surface area contributed by atoms with Crippen LogP contribution in [0.15, 0.2) is 12.1 Å². The highest BCUT2D eigenvalue weighted by atomic mass is 35.5. The Balaban J connectivity index is 2.40. The van der Waals surface area contributed by atoms with Crippen LogP contribution in [0.2, 0.25) is 5.15 Å². The number of nitrogens with one attached hydrogen (secondary N) is 1. The fourth-order valence-corrected chi connectivity index (χ4v) is 1.38. The van der Waals surface area contributed by atoms with Gasteiger partial charge in [0.15, 0.2) is 0 Å². The lowest BCUT2D eigenvalue weighted by Gasteiger charge is -2.06. The van der Waals surface area contributed by atoms with Gasteiger partial charge in [-0.3, -0.25) is 10.1 Å². The molecule has 1 heterocycles. The second kappa shape index (κ2) is 7.80. The van der Waals surface area contributed by atoms with E-state index in [2.05, 4.69) is 10.3 Å². The number of hydrogen-bond acceptors (Lipinski definition) is 6. The molecule has 0 bridgehead atoms. The predicted octanol–water partition coefficient (Wildman–Crippen LogP) is 1.72. The Morgan fingerprint density at radius 2 is 2.22 bits per heavy atom. The van der Waals surface area contributed by atoms with Gasteiger partial charge < -0.3 is 14.8 Å². The lowest BCUT2D eigenvalue weighted by Crippen LogP contribution is -2.12. The van der Waals surface area contributed by atoms with Gasteiger partial charge >= 0.3 is 0 Å². The molecule has 0 amide bonds. The van der Waals surface area contributed by atoms with Crippen LogP contribution in [0.25, 0.3) is 0 Å². The topological polar surface area (TPSA) is 86.5 Å². The van der Waals surface area contributed by atoms with E-state index in [1.165, 1.54) is 12.1 Å². The largest absolute Gasteiger partial charge is 0.382 e. The summed E-state index contributed by atoms with van der Waals surface area (Å²) in [5.74, 6) is 0.351. The number of pyridine rings is 1. The van der Waals surface area contributed by atoms with Crippen LogP contribution in [-0.4, -0.2) is 43.4 Å². The van der Waals surface area contributed by atoms with Crippen LogP contribution >= 0.6 is 11.6 Å². The molecule has 0 aliphatic heterocycles. The van der Waals surface area contributed by atoms with E-state index in [-0.39, 0.29) is 10.8 Å². The molecule has 0 atom stereocenters. The van der Waals surface area contributed by atoms with Gasteiger partial charge in [-0.1, -0.05) is 11.6 Å². The van der Waals surface area contributed by atoms with Crippen molar-refractivity contribution in [2.45, 2.75) is 0 Å². The van der Waals surface area contributed by atoms with Crippen molar-refractivity contribution < 1.29 is 14.4 Å². The first-order valence-electron chi connectivity index (χ1n) is 5.26. The molecule has 0 radical (unpaired) electrons. The van der Waals surface area contributed by atoms with Crippen molar-refractivity contribution in [3.05, 3.63) is 27.4 Å². The number of methoxy groups -OCH3 is 1. The van der Waals surface area contributed by atoms with E-state index < -0.39 is 4.92 Å². The highest BCUT2D eigenvalue weighted by Gasteiger charge is 2.09. The third kappa shape index (κ3) is 5.26. The zero-order valence-corrected chi connectivity index (χ0v) is 10.6. The van der Waals surface area contributed by atoms with Gasteiger partial charge in [-0.15, -0.1) is 0 Å². The van der Waals surface area contributed by atoms with Crippen molar-refractivity contribution in [3.8, 4) is 0 Å². The highest BCUT2D eigenvalue weighted by molar-refractivity contribution is 6.29. The maximum Gasteiger partial charge on any atom is 0.276 e. The van der Waals surface area contributed by atoms with Crippen LogP contribution in [-0.2, 0) is 9.47 Å². The molecule has 0 unspecified atom stereocenters. The summed E-state index contributed by atoms with van der Waals surface area (Å²) in [5, 5.41) is 13.6. The summed E-state index contributed by atoms with van der Waals surface area (Å²) in [6.45, 7) is 1.96. The second-order valence-electron chi connectivity index (χ2n) is 3.32. The number of rotatable bonds is 8. The Kier molecular flexibility index (Phi) is 6.34. The first kappa shape index (κ1) is 14.6. The maximum atomic E-state index is 10.6. The van der Waals surface area contributed by atoms with Crippen LogP contribution in [0.1, 0.15) is 0 Å². The zero-order valence-electron chi connectivity index (χ0n) is 9.89. The average molecular weight is 276 g/mol. The van der Waals surface area contributed by atoms with Crippen LogP contribution < -0.4 is 5.32 Å². The molecule has 0 spiro atoms. The Morgan fingerprint density at radius 3 is 2.89 bits per heavy atom. The minimum Gasteiger partial charge on any atom is -0.382 e. The van der Waals surface area contributed by atoms with Crippen molar-refractivity contribution in [2.24, 2.45) is 0 Å². The number of anilines is 1. The van der Waals surface area contributed by atoms with Crippen molar-refractivity contribution in [1.82, 2.24) is 4.98 Å². The second-order valence-corrected chi connectivity index (χ2v) is 3.71. The van der Waals surface area contributed by atoms with Crippen molar-refractivity contribution in [2.75, 3.05) is 38.8 Å². The fraction of sp³-hybridized carbons (Fsp3) is 0.500. The van der Waals surface area contributed by atoms with Gasteiger partial charge in [-0.25, -0.2) is 4.98 Å². The summed E-state index contributed by atoms with van der Waals surface area (Å²) in [7, 11) is 1.59. The fourth-order valence-electron chi connectivity index (χ4n) is 1.17. The van der Waals surface area contributed by atoms with E-state index in [1.54, 1.807) is 7.11 Å². The molecule has 0 saturated carbocycles. The van der Waals surface area contributed by atoms with Crippen LogP contribution in [0.4, 0.5) is 11.5 Å². The summed E-state index contributed by atoms with van der Waals surface area (Å²) in [6.07, 6.45) is 0. The van der Waals surface area contributed by atoms with Gasteiger partial charge in [0.1, 0.15) is 11.0 Å². The number of nitro groups is 1. The van der Waals surface area contributed by atoms with E-state index in [4.69, 9.17) is 21.1 Å². The minimum absolute atomic E-state index is 0.0759. The smallest absolute Gasteiger partial charge is 0.276 e. The molecule has 1 N–H and O–H groups in total. The number of ether oxygens (including phenoxy) is 2. The third-order valence-corrected chi connectivity index (χ3v) is 2.17. The standard InChI is InChI=1S/C10H14ClN3O4/c1-17-4-5-18-3-2-12-10-7-8(14(15)16)6-9(11)13-10/h6-7H,2-5H2,1H3,(H,12,13). The Hall–Kier alpha value is -1.44. The van der Waals surface area contributed by atoms with Gasteiger partial charge in [0.2, 0.25) is 0 Å². The SMILES string of the molecule is COCCOCCNc1cc([N+](=O)[O-])cc(Cl)n1. The molecule has 8 heteroatoms. The number of halogens is 1. The monoisotopic (exact) mass is 275 g/mol. The van der Waals surface area contributed by atoms with Crippen molar-refractivity contribution >= 4 is 23.1 Å². The first-order chi connectivity index (χ1) is 8.63. The average Bonchev–Trinajstić information content (AvgIpc) is 2.33. The van der Waals surface area contributed by atoms with Gasteiger partial charge in [0, 0.05) is 13.7 Å². The van der Waals surface area contributed by atoms with Crippen LogP contribution in [0.3, 0.4) is 0 Å². The summed E-state index contributed by atoms with van der Waals surface area (Å²) >= 11 is 5.67. The lowest BCUT2D eigenvalue weighted by atomic mass is 10.4. The van der Waals surface area contributed by atoms with E-state index >= 15 is 0 Å². The lowest BCUT2D eigenvalue weighted by molar-refractivity contribution is -0.384. The molecule has 18 heavy (non-hydrogen) atoms. The Labute approximate surface area is 109 Å². The maximum absolute atomic E-state index is 10.6. The molecule has 0 aliphatic rings. The molecule has 0 fully saturated rings. The summed E-state index contributed by atoms with van der Waals surface area (Å²) in [6, 6.07) is 2.52. The zero-order chi connectivity index (χ0) is 13.4. The van der Waals surface area contributed by atoms with Gasteiger partial charge in [-0.05, 0) is 0 Å². The number of nitrogens with zero attached hydrogens (tertiary/aromatic N) is 2. The van der Waals surface area contributed by atoms with Crippen molar-refractivity contribution in [3.63, 3.8) is 0 Å². The van der Waals surface area contributed by atoms with Gasteiger partial charge in [-0.2, -0.15) is 0 Å². The molecule has 100 valence electrons. The molecule has 1 aromatic heterocycles. The van der Waals surface area contributed by atoms with E-state index in [0.717, 1.165) is 0 Å². The van der Waals surface area contributed by atoms with E-state index in [0.29, 0.717) is 32.2 Å². The Morgan fingerprint density at radius 1 is 1.44 bits per heavy atom. The molecular formula is C10H14ClN3O4. The number of aromatic nitrogens is 1. The van der Waals surface area contributed by atoms with Crippen molar-refractivity contribution in [1.29, 1.82) is 0 Å². The van der Waals surface area contributed by atoms with E-state index in [1.807, 2.05) is 0 Å². The molecule has 0 saturated heterocycles. The summed E-state index contributed by atoms with van der Waals surface area (Å²) < 4.78 is 10.0. The molecule has 0 aliphatic carbocycles. The molecule has 0 aromatic carbocycles. The third-order valence-electron chi connectivity index (χ3n) is 1.97. The van der Waals surface area contributed by atoms with Gasteiger partial charge in [0.05, 0.1) is 36.9 Å².